The van der Waals surface area contributed by atoms with Crippen LogP contribution < -0.4 is 16.4 Å². The number of nitrogens with one attached hydrogen (secondary N) is 3. The van der Waals surface area contributed by atoms with Crippen LogP contribution in [0.25, 0.3) is 11.1 Å². The number of aliphatic hydroxyl groups excluding tert-OH is 1. The van der Waals surface area contributed by atoms with Gasteiger partial charge in [-0.2, -0.15) is 0 Å². The van der Waals surface area contributed by atoms with Gasteiger partial charge in [-0.3, -0.25) is 20.0 Å². The lowest BCUT2D eigenvalue weighted by Crippen LogP contribution is -2.41. The molecule has 0 fully saturated rings. The average molecular weight is 580 g/mol. The SMILES string of the molecule is CC(C)[C@@H](CO)NC(=O)c1ccc(-c2cccnc2C(=O)Nc2ccc(C(=N)N)cc2)c(C(=O)OCc2ccccc2)c1. The molecule has 1 heterocycles. The van der Waals surface area contributed by atoms with Gasteiger partial charge in [-0.15, -0.1) is 0 Å². The molecular formula is C33H33N5O5. The van der Waals surface area contributed by atoms with E-state index < -0.39 is 23.8 Å². The average Bonchev–Trinajstić information content (AvgIpc) is 3.02. The molecule has 2 amide bonds. The number of hydrogen-bond acceptors (Lipinski definition) is 7. The first-order valence-corrected chi connectivity index (χ1v) is 13.7. The van der Waals surface area contributed by atoms with E-state index in [9.17, 15) is 19.5 Å². The maximum Gasteiger partial charge on any atom is 0.339 e. The van der Waals surface area contributed by atoms with Crippen LogP contribution >= 0.6 is 0 Å². The Balaban J connectivity index is 1.70. The Morgan fingerprint density at radius 2 is 1.60 bits per heavy atom. The van der Waals surface area contributed by atoms with Crippen molar-refractivity contribution in [1.29, 1.82) is 5.41 Å². The molecular weight excluding hydrogens is 546 g/mol. The Hall–Kier alpha value is -5.35. The molecule has 1 atom stereocenters. The number of rotatable bonds is 11. The van der Waals surface area contributed by atoms with Crippen LogP contribution in [-0.2, 0) is 11.3 Å². The number of aromatic nitrogens is 1. The Bertz CT molecular complexity index is 1620. The van der Waals surface area contributed by atoms with Gasteiger partial charge in [0.2, 0.25) is 0 Å². The molecule has 0 spiro atoms. The highest BCUT2D eigenvalue weighted by atomic mass is 16.5. The monoisotopic (exact) mass is 579 g/mol. The quantitative estimate of drug-likeness (QED) is 0.0998. The summed E-state index contributed by atoms with van der Waals surface area (Å²) in [5.41, 5.74) is 8.29. The molecule has 0 aliphatic rings. The summed E-state index contributed by atoms with van der Waals surface area (Å²) in [6.07, 6.45) is 1.47. The van der Waals surface area contributed by atoms with Crippen LogP contribution in [-0.4, -0.2) is 46.4 Å². The van der Waals surface area contributed by atoms with Crippen LogP contribution in [0.5, 0.6) is 0 Å². The third-order valence-electron chi connectivity index (χ3n) is 6.80. The van der Waals surface area contributed by atoms with Crippen molar-refractivity contribution in [2.24, 2.45) is 11.7 Å². The van der Waals surface area contributed by atoms with Gasteiger partial charge in [-0.05, 0) is 59.5 Å². The van der Waals surface area contributed by atoms with E-state index in [4.69, 9.17) is 15.9 Å². The number of carbonyl (C=O) groups is 3. The molecule has 1 aromatic heterocycles. The number of aliphatic hydroxyl groups is 1. The van der Waals surface area contributed by atoms with Crippen LogP contribution in [0.3, 0.4) is 0 Å². The summed E-state index contributed by atoms with van der Waals surface area (Å²) in [7, 11) is 0. The van der Waals surface area contributed by atoms with Crippen LogP contribution in [0.15, 0.2) is 91.1 Å². The fraction of sp³-hybridized carbons (Fsp3) is 0.182. The number of ether oxygens (including phenoxy) is 1. The number of esters is 1. The molecule has 43 heavy (non-hydrogen) atoms. The van der Waals surface area contributed by atoms with Crippen molar-refractivity contribution < 1.29 is 24.2 Å². The minimum Gasteiger partial charge on any atom is -0.457 e. The van der Waals surface area contributed by atoms with Crippen molar-refractivity contribution in [3.63, 3.8) is 0 Å². The number of anilines is 1. The summed E-state index contributed by atoms with van der Waals surface area (Å²) < 4.78 is 5.62. The zero-order valence-electron chi connectivity index (χ0n) is 23.8. The molecule has 220 valence electrons. The van der Waals surface area contributed by atoms with Crippen LogP contribution in [0, 0.1) is 11.3 Å². The molecule has 0 unspecified atom stereocenters. The topological polar surface area (TPSA) is 167 Å². The van der Waals surface area contributed by atoms with Crippen LogP contribution in [0.2, 0.25) is 0 Å². The molecule has 4 rings (SSSR count). The second-order valence-corrected chi connectivity index (χ2v) is 10.2. The number of amidine groups is 1. The molecule has 0 radical (unpaired) electrons. The highest BCUT2D eigenvalue weighted by Gasteiger charge is 2.24. The van der Waals surface area contributed by atoms with Gasteiger partial charge in [-0.25, -0.2) is 4.79 Å². The van der Waals surface area contributed by atoms with E-state index in [-0.39, 0.29) is 41.8 Å². The number of benzene rings is 3. The van der Waals surface area contributed by atoms with Crippen molar-refractivity contribution in [3.8, 4) is 11.1 Å². The van der Waals surface area contributed by atoms with E-state index in [1.807, 2.05) is 44.2 Å². The first-order chi connectivity index (χ1) is 20.7. The van der Waals surface area contributed by atoms with E-state index in [1.165, 1.54) is 12.3 Å². The van der Waals surface area contributed by atoms with Crippen LogP contribution in [0.1, 0.15) is 56.2 Å². The minimum atomic E-state index is -0.689. The number of pyridine rings is 1. The lowest BCUT2D eigenvalue weighted by molar-refractivity contribution is 0.0473. The molecule has 0 aliphatic carbocycles. The van der Waals surface area contributed by atoms with Gasteiger partial charge in [0.05, 0.1) is 18.2 Å². The van der Waals surface area contributed by atoms with Gasteiger partial charge >= 0.3 is 5.97 Å². The summed E-state index contributed by atoms with van der Waals surface area (Å²) in [6.45, 7) is 3.53. The predicted molar refractivity (Wildman–Crippen MR) is 164 cm³/mol. The maximum absolute atomic E-state index is 13.5. The highest BCUT2D eigenvalue weighted by molar-refractivity contribution is 6.10. The number of carbonyl (C=O) groups excluding carboxylic acids is 3. The Morgan fingerprint density at radius 1 is 0.907 bits per heavy atom. The summed E-state index contributed by atoms with van der Waals surface area (Å²) in [5.74, 6) is -1.79. The summed E-state index contributed by atoms with van der Waals surface area (Å²) in [4.78, 5) is 44.2. The van der Waals surface area contributed by atoms with Crippen molar-refractivity contribution >= 4 is 29.3 Å². The maximum atomic E-state index is 13.5. The molecule has 4 aromatic rings. The second-order valence-electron chi connectivity index (χ2n) is 10.2. The molecule has 6 N–H and O–H groups in total. The highest BCUT2D eigenvalue weighted by Crippen LogP contribution is 2.29. The second kappa shape index (κ2) is 14.0. The first-order valence-electron chi connectivity index (χ1n) is 13.7. The summed E-state index contributed by atoms with van der Waals surface area (Å²) in [6, 6.07) is 23.0. The molecule has 0 saturated carbocycles. The van der Waals surface area contributed by atoms with E-state index in [1.54, 1.807) is 48.5 Å². The molecule has 10 nitrogen and oxygen atoms in total. The van der Waals surface area contributed by atoms with Gasteiger partial charge in [0.15, 0.2) is 0 Å². The third-order valence-corrected chi connectivity index (χ3v) is 6.80. The normalized spacial score (nSPS) is 11.4. The lowest BCUT2D eigenvalue weighted by Gasteiger charge is -2.20. The molecule has 3 aromatic carbocycles. The molecule has 0 bridgehead atoms. The largest absolute Gasteiger partial charge is 0.457 e. The number of amides is 2. The Labute approximate surface area is 249 Å². The summed E-state index contributed by atoms with van der Waals surface area (Å²) >= 11 is 0. The van der Waals surface area contributed by atoms with E-state index in [2.05, 4.69) is 15.6 Å². The molecule has 10 heteroatoms. The van der Waals surface area contributed by atoms with Gasteiger partial charge in [0.25, 0.3) is 11.8 Å². The number of nitrogens with zero attached hydrogens (tertiary/aromatic N) is 1. The van der Waals surface area contributed by atoms with E-state index in [0.717, 1.165) is 5.56 Å². The smallest absolute Gasteiger partial charge is 0.339 e. The molecule has 0 aliphatic heterocycles. The summed E-state index contributed by atoms with van der Waals surface area (Å²) in [5, 5.41) is 22.8. The number of nitrogen functional groups attached to an aromatic ring is 1. The van der Waals surface area contributed by atoms with E-state index in [0.29, 0.717) is 22.4 Å². The third kappa shape index (κ3) is 7.69. The van der Waals surface area contributed by atoms with E-state index >= 15 is 0 Å². The van der Waals surface area contributed by atoms with Crippen molar-refractivity contribution in [1.82, 2.24) is 10.3 Å². The predicted octanol–water partition coefficient (Wildman–Crippen LogP) is 4.39. The zero-order valence-corrected chi connectivity index (χ0v) is 23.8. The fourth-order valence-electron chi connectivity index (χ4n) is 4.29. The van der Waals surface area contributed by atoms with Crippen molar-refractivity contribution in [3.05, 3.63) is 119 Å². The van der Waals surface area contributed by atoms with Gasteiger partial charge in [0.1, 0.15) is 18.1 Å². The Morgan fingerprint density at radius 3 is 2.26 bits per heavy atom. The van der Waals surface area contributed by atoms with Crippen LogP contribution in [0.4, 0.5) is 5.69 Å². The number of nitrogens with two attached hydrogens (primary N) is 1. The minimum absolute atomic E-state index is 0.00607. The zero-order chi connectivity index (χ0) is 30.9. The standard InChI is InChI=1S/C33H33N5O5/c1-20(2)28(18-39)38-31(40)23-12-15-25(27(17-23)33(42)43-19-21-7-4-3-5-8-21)26-9-6-16-36-29(26)32(41)37-24-13-10-22(11-14-24)30(34)35/h3-17,20,28,39H,18-19H2,1-2H3,(H3,34,35)(H,37,41)(H,38,40)/t28-/m1/s1. The van der Waals surface area contributed by atoms with Gasteiger partial charge < -0.3 is 26.2 Å². The Kier molecular flexibility index (Phi) is 9.98. The first kappa shape index (κ1) is 30.6. The van der Waals surface area contributed by atoms with Crippen molar-refractivity contribution in [2.45, 2.75) is 26.5 Å². The molecule has 0 saturated heterocycles. The van der Waals surface area contributed by atoms with Crippen molar-refractivity contribution in [2.75, 3.05) is 11.9 Å². The van der Waals surface area contributed by atoms with Gasteiger partial charge in [-0.1, -0.05) is 56.3 Å². The fourth-order valence-corrected chi connectivity index (χ4v) is 4.29. The number of hydrogen-bond donors (Lipinski definition) is 5. The van der Waals surface area contributed by atoms with Gasteiger partial charge in [0, 0.05) is 28.6 Å². The lowest BCUT2D eigenvalue weighted by atomic mass is 9.95.